The zero-order valence-corrected chi connectivity index (χ0v) is 18.5. The van der Waals surface area contributed by atoms with E-state index in [0.717, 1.165) is 31.4 Å². The first kappa shape index (κ1) is 22.3. The maximum atomic E-state index is 14.3. The molecule has 34 heavy (non-hydrogen) atoms. The van der Waals surface area contributed by atoms with E-state index >= 15 is 0 Å². The summed E-state index contributed by atoms with van der Waals surface area (Å²) in [4.78, 5) is 21.6. The number of anilines is 1. The third-order valence-corrected chi connectivity index (χ3v) is 7.41. The number of carboxylic acid groups (broad SMARTS) is 1. The molecule has 4 saturated carbocycles. The van der Waals surface area contributed by atoms with Gasteiger partial charge < -0.3 is 15.8 Å². The SMILES string of the molecule is N#Cc1c(-c2c[nH]c3ncc(F)cc23)nc(N)c(F)c1C1CC1.O=C(O)C1CC2CCC1CC2. The summed E-state index contributed by atoms with van der Waals surface area (Å²) in [5, 5.41) is 18.9. The second-order valence-corrected chi connectivity index (χ2v) is 9.55. The number of rotatable bonds is 3. The highest BCUT2D eigenvalue weighted by Gasteiger charge is 2.39. The van der Waals surface area contributed by atoms with Gasteiger partial charge in [-0.05, 0) is 55.9 Å². The summed E-state index contributed by atoms with van der Waals surface area (Å²) in [5.41, 5.74) is 7.37. The molecule has 1 unspecified atom stereocenters. The van der Waals surface area contributed by atoms with Crippen molar-refractivity contribution in [1.29, 1.82) is 5.26 Å². The Balaban J connectivity index is 0.000000183. The molecule has 1 atom stereocenters. The number of fused-ring (bicyclic) bond motifs is 4. The van der Waals surface area contributed by atoms with Crippen LogP contribution in [0.5, 0.6) is 0 Å². The van der Waals surface area contributed by atoms with Crippen molar-refractivity contribution in [2.24, 2.45) is 17.8 Å². The Labute approximate surface area is 195 Å². The molecule has 0 aromatic carbocycles. The number of hydrogen-bond acceptors (Lipinski definition) is 5. The van der Waals surface area contributed by atoms with Crippen molar-refractivity contribution in [3.05, 3.63) is 41.2 Å². The Morgan fingerprint density at radius 3 is 2.50 bits per heavy atom. The number of hydrogen-bond donors (Lipinski definition) is 3. The van der Waals surface area contributed by atoms with Gasteiger partial charge in [-0.15, -0.1) is 0 Å². The molecule has 176 valence electrons. The monoisotopic (exact) mass is 465 g/mol. The summed E-state index contributed by atoms with van der Waals surface area (Å²) in [6.45, 7) is 0. The van der Waals surface area contributed by atoms with Crippen molar-refractivity contribution in [2.75, 3.05) is 5.73 Å². The van der Waals surface area contributed by atoms with Gasteiger partial charge in [-0.25, -0.2) is 18.7 Å². The molecule has 3 heterocycles. The van der Waals surface area contributed by atoms with E-state index in [9.17, 15) is 18.8 Å². The fourth-order valence-electron chi connectivity index (χ4n) is 5.52. The van der Waals surface area contributed by atoms with Gasteiger partial charge in [0, 0.05) is 22.7 Å². The van der Waals surface area contributed by atoms with Gasteiger partial charge in [-0.2, -0.15) is 5.26 Å². The highest BCUT2D eigenvalue weighted by molar-refractivity contribution is 5.94. The standard InChI is InChI=1S/C16H11F2N5.C9H14O2/c17-8-3-9-11(6-22-16(9)21-5-8)14-10(4-19)12(7-1-2-7)13(18)15(20)23-14;10-9(11)8-5-6-1-3-7(8)4-2-6/h3,5-7H,1-2H2,(H2,20,23)(H,21,22);6-8H,1-5H2,(H,10,11). The molecule has 3 aromatic heterocycles. The number of nitrogens with one attached hydrogen (secondary N) is 1. The van der Waals surface area contributed by atoms with Crippen LogP contribution in [0.2, 0.25) is 0 Å². The maximum Gasteiger partial charge on any atom is 0.306 e. The number of nitrogens with zero attached hydrogens (tertiary/aromatic N) is 3. The van der Waals surface area contributed by atoms with Crippen molar-refractivity contribution in [1.82, 2.24) is 15.0 Å². The molecule has 0 spiro atoms. The van der Waals surface area contributed by atoms with E-state index in [1.54, 1.807) is 6.20 Å². The first-order valence-corrected chi connectivity index (χ1v) is 11.6. The lowest BCUT2D eigenvalue weighted by Gasteiger charge is -2.40. The highest BCUT2D eigenvalue weighted by atomic mass is 19.1. The van der Waals surface area contributed by atoms with Gasteiger partial charge in [0.1, 0.15) is 17.5 Å². The molecule has 4 aliphatic rings. The molecule has 0 saturated heterocycles. The van der Waals surface area contributed by atoms with E-state index in [0.29, 0.717) is 28.1 Å². The summed E-state index contributed by atoms with van der Waals surface area (Å²) in [6, 6.07) is 3.33. The van der Waals surface area contributed by atoms with Crippen LogP contribution in [0.1, 0.15) is 62.0 Å². The van der Waals surface area contributed by atoms with Crippen molar-refractivity contribution >= 4 is 22.8 Å². The average Bonchev–Trinajstić information content (AvgIpc) is 3.60. The molecule has 2 bridgehead atoms. The number of aromatic nitrogens is 3. The Kier molecular flexibility index (Phi) is 5.68. The molecule has 7 rings (SSSR count). The molecule has 7 nitrogen and oxygen atoms in total. The number of nitrogens with two attached hydrogens (primary N) is 1. The predicted octanol–water partition coefficient (Wildman–Crippen LogP) is 5.13. The van der Waals surface area contributed by atoms with Gasteiger partial charge in [0.05, 0.1) is 23.4 Å². The van der Waals surface area contributed by atoms with Crippen molar-refractivity contribution < 1.29 is 18.7 Å². The lowest BCUT2D eigenvalue weighted by molar-refractivity contribution is -0.147. The quantitative estimate of drug-likeness (QED) is 0.492. The van der Waals surface area contributed by atoms with Gasteiger partial charge in [0.2, 0.25) is 0 Å². The van der Waals surface area contributed by atoms with Gasteiger partial charge in [0.25, 0.3) is 0 Å². The summed E-state index contributed by atoms with van der Waals surface area (Å²) in [7, 11) is 0. The predicted molar refractivity (Wildman–Crippen MR) is 122 cm³/mol. The second kappa shape index (κ2) is 8.67. The third-order valence-electron chi connectivity index (χ3n) is 7.41. The molecule has 3 aromatic rings. The van der Waals surface area contributed by atoms with E-state index in [1.807, 2.05) is 6.07 Å². The summed E-state index contributed by atoms with van der Waals surface area (Å²) >= 11 is 0. The van der Waals surface area contributed by atoms with E-state index in [2.05, 4.69) is 15.0 Å². The largest absolute Gasteiger partial charge is 0.481 e. The van der Waals surface area contributed by atoms with Crippen LogP contribution in [0.15, 0.2) is 18.5 Å². The number of carbonyl (C=O) groups is 1. The summed E-state index contributed by atoms with van der Waals surface area (Å²) < 4.78 is 27.8. The van der Waals surface area contributed by atoms with Gasteiger partial charge in [-0.1, -0.05) is 12.8 Å². The molecule has 0 amide bonds. The number of halogens is 2. The maximum absolute atomic E-state index is 14.3. The van der Waals surface area contributed by atoms with Crippen LogP contribution in [0.3, 0.4) is 0 Å². The van der Waals surface area contributed by atoms with Crippen LogP contribution in [0, 0.1) is 40.7 Å². The molecular weight excluding hydrogens is 440 g/mol. The molecule has 4 fully saturated rings. The first-order valence-electron chi connectivity index (χ1n) is 11.6. The Morgan fingerprint density at radius 1 is 1.21 bits per heavy atom. The van der Waals surface area contributed by atoms with Crippen molar-refractivity contribution in [2.45, 2.75) is 50.9 Å². The number of nitriles is 1. The zero-order valence-electron chi connectivity index (χ0n) is 18.5. The van der Waals surface area contributed by atoms with E-state index < -0.39 is 17.6 Å². The first-order chi connectivity index (χ1) is 16.4. The van der Waals surface area contributed by atoms with Gasteiger partial charge in [0.15, 0.2) is 11.6 Å². The normalized spacial score (nSPS) is 23.3. The fourth-order valence-corrected chi connectivity index (χ4v) is 5.52. The molecular formula is C25H25F2N5O2. The zero-order chi connectivity index (χ0) is 24.0. The number of carboxylic acids is 1. The molecule has 0 radical (unpaired) electrons. The van der Waals surface area contributed by atoms with Crippen molar-refractivity contribution in [3.63, 3.8) is 0 Å². The van der Waals surface area contributed by atoms with Crippen LogP contribution < -0.4 is 5.73 Å². The van der Waals surface area contributed by atoms with Crippen LogP contribution in [0.4, 0.5) is 14.6 Å². The van der Waals surface area contributed by atoms with Gasteiger partial charge >= 0.3 is 5.97 Å². The molecule has 0 aliphatic heterocycles. The van der Waals surface area contributed by atoms with Crippen LogP contribution in [0.25, 0.3) is 22.3 Å². The average molecular weight is 466 g/mol. The Hall–Kier alpha value is -3.54. The number of pyridine rings is 2. The molecule has 9 heteroatoms. The Morgan fingerprint density at radius 2 is 1.94 bits per heavy atom. The Bertz CT molecular complexity index is 1300. The number of aromatic amines is 1. The topological polar surface area (TPSA) is 129 Å². The van der Waals surface area contributed by atoms with Crippen LogP contribution in [-0.4, -0.2) is 26.0 Å². The van der Waals surface area contributed by atoms with E-state index in [1.165, 1.54) is 31.7 Å². The molecule has 4 N–H and O–H groups in total. The minimum absolute atomic E-state index is 0.00231. The molecule has 4 aliphatic carbocycles. The van der Waals surface area contributed by atoms with Crippen LogP contribution >= 0.6 is 0 Å². The number of aliphatic carboxylic acids is 1. The summed E-state index contributed by atoms with van der Waals surface area (Å²) in [5.74, 6) is -0.694. The van der Waals surface area contributed by atoms with Crippen molar-refractivity contribution in [3.8, 4) is 17.3 Å². The lowest BCUT2D eigenvalue weighted by atomic mass is 9.65. The fraction of sp³-hybridized carbons (Fsp3) is 0.440. The lowest BCUT2D eigenvalue weighted by Crippen LogP contribution is -2.35. The highest BCUT2D eigenvalue weighted by Crippen LogP contribution is 2.46. The van der Waals surface area contributed by atoms with Crippen LogP contribution in [-0.2, 0) is 4.79 Å². The van der Waals surface area contributed by atoms with Gasteiger partial charge in [-0.3, -0.25) is 4.79 Å². The minimum atomic E-state index is -0.628. The second-order valence-electron chi connectivity index (χ2n) is 9.55. The summed E-state index contributed by atoms with van der Waals surface area (Å²) in [6.07, 6.45) is 10.2. The minimum Gasteiger partial charge on any atom is -0.481 e. The third kappa shape index (κ3) is 3.98. The van der Waals surface area contributed by atoms with E-state index in [4.69, 9.17) is 10.8 Å². The number of H-pyrrole nitrogens is 1. The van der Waals surface area contributed by atoms with E-state index in [-0.39, 0.29) is 28.9 Å². The number of nitrogen functional groups attached to an aromatic ring is 1. The smallest absolute Gasteiger partial charge is 0.306 e.